The molecule has 0 radical (unpaired) electrons. The van der Waals surface area contributed by atoms with Gasteiger partial charge in [0, 0.05) is 7.98 Å². The highest BCUT2D eigenvalue weighted by Crippen LogP contribution is 2.01. The number of benzene rings is 1. The van der Waals surface area contributed by atoms with Crippen LogP contribution < -0.4 is 0 Å². The Balaban J connectivity index is 1.99. The van der Waals surface area contributed by atoms with Gasteiger partial charge >= 0.3 is 0 Å². The van der Waals surface area contributed by atoms with E-state index in [-0.39, 0.29) is 0 Å². The number of rotatable bonds is 6. The summed E-state index contributed by atoms with van der Waals surface area (Å²) in [6.45, 7) is 2.06. The first-order valence-electron chi connectivity index (χ1n) is 5.55. The fraction of sp³-hybridized carbons (Fsp3) is 0.500. The first kappa shape index (κ1) is 8.76. The Morgan fingerprint density at radius 1 is 1.23 bits per heavy atom. The molecule has 1 heteroatoms. The normalized spacial score (nSPS) is 11.2. The molecule has 0 fully saturated rings. The topological polar surface area (TPSA) is 9.23 Å². The van der Waals surface area contributed by atoms with Crippen molar-refractivity contribution in [2.45, 2.75) is 32.8 Å². The number of hydrogen-bond acceptors (Lipinski definition) is 1. The van der Waals surface area contributed by atoms with Crippen molar-refractivity contribution >= 4 is 0 Å². The van der Waals surface area contributed by atoms with Gasteiger partial charge in [-0.3, -0.25) is 0 Å². The number of unbranched alkanes of at least 4 members (excludes halogenated alkanes) is 2. The van der Waals surface area contributed by atoms with E-state index in [1.165, 1.54) is 5.56 Å². The van der Waals surface area contributed by atoms with Crippen LogP contribution in [0.15, 0.2) is 30.3 Å². The molecule has 0 aliphatic rings. The Morgan fingerprint density at radius 2 is 2.08 bits per heavy atom. The summed E-state index contributed by atoms with van der Waals surface area (Å²) in [4.78, 5) is 0. The Hall–Kier alpha value is -0.820. The number of hydrogen-bond donors (Lipinski definition) is 0. The molecule has 0 aliphatic carbocycles. The molecule has 0 N–H and O–H groups in total. The van der Waals surface area contributed by atoms with E-state index in [2.05, 4.69) is 12.1 Å². The molecule has 13 heavy (non-hydrogen) atoms. The summed E-state index contributed by atoms with van der Waals surface area (Å²) in [6, 6.07) is 10.2. The quantitative estimate of drug-likeness (QED) is 0.608. The molecule has 0 aromatic heterocycles. The fourth-order valence-electron chi connectivity index (χ4n) is 1.15. The molecule has 0 bridgehead atoms. The lowest BCUT2D eigenvalue weighted by Crippen LogP contribution is -1.94. The summed E-state index contributed by atoms with van der Waals surface area (Å²) in [6.07, 6.45) is 3.18. The van der Waals surface area contributed by atoms with E-state index in [0.29, 0.717) is 13.5 Å². The summed E-state index contributed by atoms with van der Waals surface area (Å²) in [7, 11) is 0. The van der Waals surface area contributed by atoms with Gasteiger partial charge in [-0.05, 0) is 12.0 Å². The van der Waals surface area contributed by atoms with Gasteiger partial charge in [-0.15, -0.1) is 0 Å². The van der Waals surface area contributed by atoms with Gasteiger partial charge < -0.3 is 4.74 Å². The van der Waals surface area contributed by atoms with Crippen molar-refractivity contribution in [3.8, 4) is 0 Å². The lowest BCUT2D eigenvalue weighted by atomic mass is 10.2. The van der Waals surface area contributed by atoms with Crippen molar-refractivity contribution in [1.82, 2.24) is 0 Å². The minimum atomic E-state index is 0.540. The zero-order valence-corrected chi connectivity index (χ0v) is 8.04. The Kier molecular flexibility index (Phi) is 4.50. The van der Waals surface area contributed by atoms with Crippen LogP contribution in [0, 0.1) is 0 Å². The molecule has 72 valence electrons. The van der Waals surface area contributed by atoms with Crippen LogP contribution in [0.5, 0.6) is 0 Å². The second-order valence-electron chi connectivity index (χ2n) is 3.10. The summed E-state index contributed by atoms with van der Waals surface area (Å²) in [5.41, 5.74) is 1.23. The van der Waals surface area contributed by atoms with Crippen LogP contribution in [0.4, 0.5) is 0 Å². The van der Waals surface area contributed by atoms with Gasteiger partial charge in [-0.25, -0.2) is 0 Å². The maximum absolute atomic E-state index is 6.98. The predicted octanol–water partition coefficient (Wildman–Crippen LogP) is 3.39. The van der Waals surface area contributed by atoms with Gasteiger partial charge in [0.2, 0.25) is 0 Å². The predicted molar refractivity (Wildman–Crippen MR) is 55.6 cm³/mol. The van der Waals surface area contributed by atoms with Gasteiger partial charge in [0.25, 0.3) is 0 Å². The molecular weight excluding hydrogens is 160 g/mol. The third kappa shape index (κ3) is 4.69. The van der Waals surface area contributed by atoms with Crippen molar-refractivity contribution in [3.05, 3.63) is 35.9 Å². The standard InChI is InChI=1S/C12H18O/c1-2-3-7-10-13-11-12-8-5-4-6-9-12/h4-6,8-9H,2-3,7,10-11H2,1H3/i1D. The summed E-state index contributed by atoms with van der Waals surface area (Å²) in [5.74, 6) is 0. The SMILES string of the molecule is [2H]CCCCCOCc1ccccc1. The van der Waals surface area contributed by atoms with Gasteiger partial charge in [-0.1, -0.05) is 50.1 Å². The van der Waals surface area contributed by atoms with Crippen LogP contribution in [0.1, 0.15) is 33.1 Å². The third-order valence-corrected chi connectivity index (χ3v) is 1.90. The molecule has 1 aromatic carbocycles. The maximum atomic E-state index is 6.98. The van der Waals surface area contributed by atoms with E-state index < -0.39 is 0 Å². The van der Waals surface area contributed by atoms with Crippen LogP contribution in [0.2, 0.25) is 0 Å². The minimum absolute atomic E-state index is 0.540. The van der Waals surface area contributed by atoms with Crippen LogP contribution in [0.3, 0.4) is 0 Å². The van der Waals surface area contributed by atoms with E-state index in [9.17, 15) is 0 Å². The highest BCUT2D eigenvalue weighted by Gasteiger charge is 1.90. The smallest absolute Gasteiger partial charge is 0.0716 e. The third-order valence-electron chi connectivity index (χ3n) is 1.90. The largest absolute Gasteiger partial charge is 0.377 e. The average molecular weight is 179 g/mol. The maximum Gasteiger partial charge on any atom is 0.0716 e. The second-order valence-corrected chi connectivity index (χ2v) is 3.10. The molecule has 0 unspecified atom stereocenters. The molecule has 1 nitrogen and oxygen atoms in total. The molecule has 0 spiro atoms. The molecule has 0 saturated heterocycles. The monoisotopic (exact) mass is 179 g/mol. The van der Waals surface area contributed by atoms with Gasteiger partial charge in [0.05, 0.1) is 6.61 Å². The van der Waals surface area contributed by atoms with Crippen LogP contribution in [-0.2, 0) is 11.3 Å². The zero-order chi connectivity index (χ0) is 10.1. The first-order valence-corrected chi connectivity index (χ1v) is 4.84. The van der Waals surface area contributed by atoms with E-state index in [0.717, 1.165) is 25.9 Å². The summed E-state index contributed by atoms with van der Waals surface area (Å²) < 4.78 is 12.5. The van der Waals surface area contributed by atoms with Crippen molar-refractivity contribution < 1.29 is 6.11 Å². The lowest BCUT2D eigenvalue weighted by molar-refractivity contribution is 0.117. The Bertz CT molecular complexity index is 223. The van der Waals surface area contributed by atoms with Gasteiger partial charge in [0.1, 0.15) is 0 Å². The molecule has 0 aliphatic heterocycles. The van der Waals surface area contributed by atoms with E-state index >= 15 is 0 Å². The zero-order valence-electron chi connectivity index (χ0n) is 9.04. The van der Waals surface area contributed by atoms with Gasteiger partial charge in [0.15, 0.2) is 0 Å². The second kappa shape index (κ2) is 6.67. The average Bonchev–Trinajstić information content (AvgIpc) is 2.25. The van der Waals surface area contributed by atoms with Crippen molar-refractivity contribution in [1.29, 1.82) is 0 Å². The molecule has 1 aromatic rings. The minimum Gasteiger partial charge on any atom is -0.377 e. The molecule has 1 rings (SSSR count). The van der Waals surface area contributed by atoms with Crippen molar-refractivity contribution in [2.24, 2.45) is 0 Å². The molecular formula is C12H18O. The molecule has 0 atom stereocenters. The summed E-state index contributed by atoms with van der Waals surface area (Å²) >= 11 is 0. The van der Waals surface area contributed by atoms with E-state index in [4.69, 9.17) is 6.11 Å². The first-order chi connectivity index (χ1) is 6.93. The van der Waals surface area contributed by atoms with Gasteiger partial charge in [-0.2, -0.15) is 0 Å². The van der Waals surface area contributed by atoms with Crippen molar-refractivity contribution in [3.63, 3.8) is 0 Å². The van der Waals surface area contributed by atoms with Crippen LogP contribution in [-0.4, -0.2) is 6.61 Å². The van der Waals surface area contributed by atoms with Crippen LogP contribution in [0.25, 0.3) is 0 Å². The highest BCUT2D eigenvalue weighted by atomic mass is 16.5. The summed E-state index contributed by atoms with van der Waals surface area (Å²) in [5, 5.41) is 0. The number of ether oxygens (including phenoxy) is 1. The lowest BCUT2D eigenvalue weighted by Gasteiger charge is -2.02. The highest BCUT2D eigenvalue weighted by molar-refractivity contribution is 5.13. The van der Waals surface area contributed by atoms with Crippen LogP contribution >= 0.6 is 0 Å². The Morgan fingerprint density at radius 3 is 2.85 bits per heavy atom. The molecule has 0 amide bonds. The molecule has 0 saturated carbocycles. The van der Waals surface area contributed by atoms with E-state index in [1.54, 1.807) is 0 Å². The molecule has 0 heterocycles. The van der Waals surface area contributed by atoms with E-state index in [1.807, 2.05) is 18.2 Å². The Labute approximate surface area is 82.1 Å². The van der Waals surface area contributed by atoms with Crippen molar-refractivity contribution in [2.75, 3.05) is 6.61 Å². The fourth-order valence-corrected chi connectivity index (χ4v) is 1.15.